The summed E-state index contributed by atoms with van der Waals surface area (Å²) < 4.78 is 15.6. The Balaban J connectivity index is 2.69. The summed E-state index contributed by atoms with van der Waals surface area (Å²) in [6, 6.07) is 0. The van der Waals surface area contributed by atoms with Crippen LogP contribution in [0.1, 0.15) is 40.5 Å². The summed E-state index contributed by atoms with van der Waals surface area (Å²) >= 11 is 0. The lowest BCUT2D eigenvalue weighted by atomic mass is 9.91. The lowest BCUT2D eigenvalue weighted by Gasteiger charge is -2.26. The first-order valence-corrected chi connectivity index (χ1v) is 7.20. The van der Waals surface area contributed by atoms with Crippen molar-refractivity contribution >= 4 is 11.9 Å². The van der Waals surface area contributed by atoms with Crippen LogP contribution in [-0.2, 0) is 23.8 Å². The van der Waals surface area contributed by atoms with E-state index in [4.69, 9.17) is 14.2 Å². The summed E-state index contributed by atoms with van der Waals surface area (Å²) in [4.78, 5) is 23.5. The molecule has 0 amide bonds. The van der Waals surface area contributed by atoms with Crippen molar-refractivity contribution in [1.29, 1.82) is 0 Å². The highest BCUT2D eigenvalue weighted by Gasteiger charge is 2.37. The summed E-state index contributed by atoms with van der Waals surface area (Å²) in [5.74, 6) is -0.575. The van der Waals surface area contributed by atoms with Gasteiger partial charge in [0.25, 0.3) is 0 Å². The quantitative estimate of drug-likeness (QED) is 0.410. The normalized spacial score (nSPS) is 20.3. The molecule has 0 aromatic carbocycles. The second kappa shape index (κ2) is 7.07. The Labute approximate surface area is 126 Å². The highest BCUT2D eigenvalue weighted by atomic mass is 16.6. The zero-order chi connectivity index (χ0) is 16.2. The third-order valence-electron chi connectivity index (χ3n) is 3.47. The molecule has 1 rings (SSSR count). The SMILES string of the molecule is C=C(C)[C@H](C[C@H](CC(=O)OC)[C@@H]1CO1)OC(=O)C(C)(C)C. The summed E-state index contributed by atoms with van der Waals surface area (Å²) in [7, 11) is 1.36. The van der Waals surface area contributed by atoms with E-state index in [-0.39, 0.29) is 30.4 Å². The number of esters is 2. The summed E-state index contributed by atoms with van der Waals surface area (Å²) in [6.07, 6.45) is 0.421. The fraction of sp³-hybridized carbons (Fsp3) is 0.750. The first-order chi connectivity index (χ1) is 9.65. The third-order valence-corrected chi connectivity index (χ3v) is 3.47. The van der Waals surface area contributed by atoms with Gasteiger partial charge in [0.1, 0.15) is 6.10 Å². The van der Waals surface area contributed by atoms with Crippen LogP contribution in [0.3, 0.4) is 0 Å². The van der Waals surface area contributed by atoms with Crippen LogP contribution in [0.2, 0.25) is 0 Å². The summed E-state index contributed by atoms with van der Waals surface area (Å²) in [5.41, 5.74) is 0.199. The maximum absolute atomic E-state index is 12.0. The van der Waals surface area contributed by atoms with Gasteiger partial charge < -0.3 is 14.2 Å². The molecule has 0 aromatic heterocycles. The van der Waals surface area contributed by atoms with Crippen molar-refractivity contribution in [3.8, 4) is 0 Å². The van der Waals surface area contributed by atoms with Gasteiger partial charge in [-0.2, -0.15) is 0 Å². The number of hydrogen-bond acceptors (Lipinski definition) is 5. The third kappa shape index (κ3) is 5.87. The highest BCUT2D eigenvalue weighted by molar-refractivity contribution is 5.75. The number of rotatable bonds is 7. The summed E-state index contributed by atoms with van der Waals surface area (Å²) in [5, 5.41) is 0. The second-order valence-electron chi connectivity index (χ2n) is 6.64. The van der Waals surface area contributed by atoms with Crippen molar-refractivity contribution in [3.05, 3.63) is 12.2 Å². The molecular weight excluding hydrogens is 272 g/mol. The standard InChI is InChI=1S/C16H26O5/c1-10(2)12(21-15(18)16(3,4)5)7-11(13-9-20-13)8-14(17)19-6/h11-13H,1,7-9H2,2-6H3/t11-,12+,13+/m1/s1. The molecule has 1 aliphatic heterocycles. The Kier molecular flexibility index (Phi) is 5.96. The molecule has 0 radical (unpaired) electrons. The number of epoxide rings is 1. The van der Waals surface area contributed by atoms with Gasteiger partial charge in [-0.3, -0.25) is 9.59 Å². The van der Waals surface area contributed by atoms with Crippen LogP contribution in [0.4, 0.5) is 0 Å². The van der Waals surface area contributed by atoms with Crippen molar-refractivity contribution in [2.24, 2.45) is 11.3 Å². The Morgan fingerprint density at radius 2 is 1.95 bits per heavy atom. The molecule has 0 bridgehead atoms. The van der Waals surface area contributed by atoms with E-state index in [0.717, 1.165) is 5.57 Å². The van der Waals surface area contributed by atoms with E-state index in [1.165, 1.54) is 7.11 Å². The number of ether oxygens (including phenoxy) is 3. The Bertz CT molecular complexity index is 403. The van der Waals surface area contributed by atoms with Crippen LogP contribution in [0.25, 0.3) is 0 Å². The molecule has 1 saturated heterocycles. The molecule has 0 spiro atoms. The zero-order valence-corrected chi connectivity index (χ0v) is 13.6. The molecule has 3 atom stereocenters. The van der Waals surface area contributed by atoms with E-state index in [0.29, 0.717) is 13.0 Å². The molecule has 5 heteroatoms. The molecule has 0 saturated carbocycles. The van der Waals surface area contributed by atoms with E-state index < -0.39 is 11.5 Å². The molecule has 1 heterocycles. The van der Waals surface area contributed by atoms with Crippen molar-refractivity contribution in [3.63, 3.8) is 0 Å². The first kappa shape index (κ1) is 17.7. The van der Waals surface area contributed by atoms with Crippen molar-refractivity contribution in [2.75, 3.05) is 13.7 Å². The molecule has 0 unspecified atom stereocenters. The van der Waals surface area contributed by atoms with Gasteiger partial charge in [0.05, 0.1) is 31.7 Å². The van der Waals surface area contributed by atoms with Crippen LogP contribution < -0.4 is 0 Å². The molecule has 5 nitrogen and oxygen atoms in total. The van der Waals surface area contributed by atoms with Crippen molar-refractivity contribution in [2.45, 2.75) is 52.7 Å². The van der Waals surface area contributed by atoms with Gasteiger partial charge in [-0.25, -0.2) is 0 Å². The fourth-order valence-electron chi connectivity index (χ4n) is 1.92. The van der Waals surface area contributed by atoms with E-state index >= 15 is 0 Å². The minimum atomic E-state index is -0.568. The number of carbonyl (C=O) groups is 2. The lowest BCUT2D eigenvalue weighted by Crippen LogP contribution is -2.31. The molecular formula is C16H26O5. The highest BCUT2D eigenvalue weighted by Crippen LogP contribution is 2.31. The Morgan fingerprint density at radius 3 is 2.33 bits per heavy atom. The number of methoxy groups -OCH3 is 1. The first-order valence-electron chi connectivity index (χ1n) is 7.20. The van der Waals surface area contributed by atoms with Gasteiger partial charge in [-0.15, -0.1) is 0 Å². The molecule has 1 aliphatic rings. The molecule has 1 fully saturated rings. The van der Waals surface area contributed by atoms with Crippen LogP contribution >= 0.6 is 0 Å². The number of hydrogen-bond donors (Lipinski definition) is 0. The molecule has 0 aliphatic carbocycles. The van der Waals surface area contributed by atoms with Gasteiger partial charge in [0.15, 0.2) is 0 Å². The van der Waals surface area contributed by atoms with Crippen molar-refractivity contribution < 1.29 is 23.8 Å². The van der Waals surface area contributed by atoms with Gasteiger partial charge in [-0.1, -0.05) is 6.58 Å². The topological polar surface area (TPSA) is 65.1 Å². The monoisotopic (exact) mass is 298 g/mol. The van der Waals surface area contributed by atoms with Gasteiger partial charge in [0.2, 0.25) is 0 Å². The molecule has 0 N–H and O–H groups in total. The maximum atomic E-state index is 12.0. The zero-order valence-electron chi connectivity index (χ0n) is 13.6. The second-order valence-corrected chi connectivity index (χ2v) is 6.64. The molecule has 21 heavy (non-hydrogen) atoms. The smallest absolute Gasteiger partial charge is 0.311 e. The van der Waals surface area contributed by atoms with Crippen LogP contribution in [-0.4, -0.2) is 37.9 Å². The Morgan fingerprint density at radius 1 is 1.38 bits per heavy atom. The van der Waals surface area contributed by atoms with E-state index in [1.54, 1.807) is 20.8 Å². The fourth-order valence-corrected chi connectivity index (χ4v) is 1.92. The van der Waals surface area contributed by atoms with Gasteiger partial charge in [-0.05, 0) is 39.7 Å². The van der Waals surface area contributed by atoms with E-state index in [1.807, 2.05) is 6.92 Å². The number of carbonyl (C=O) groups excluding carboxylic acids is 2. The minimum Gasteiger partial charge on any atom is -0.469 e. The van der Waals surface area contributed by atoms with E-state index in [9.17, 15) is 9.59 Å². The predicted molar refractivity (Wildman–Crippen MR) is 78.6 cm³/mol. The average molecular weight is 298 g/mol. The van der Waals surface area contributed by atoms with Crippen molar-refractivity contribution in [1.82, 2.24) is 0 Å². The van der Waals surface area contributed by atoms with Crippen LogP contribution in [0, 0.1) is 11.3 Å². The van der Waals surface area contributed by atoms with E-state index in [2.05, 4.69) is 6.58 Å². The lowest BCUT2D eigenvalue weighted by molar-refractivity contribution is -0.157. The Hall–Kier alpha value is -1.36. The summed E-state index contributed by atoms with van der Waals surface area (Å²) in [6.45, 7) is 11.8. The molecule has 120 valence electrons. The van der Waals surface area contributed by atoms with Gasteiger partial charge in [0, 0.05) is 5.92 Å². The van der Waals surface area contributed by atoms with Gasteiger partial charge >= 0.3 is 11.9 Å². The minimum absolute atomic E-state index is 0.0214. The van der Waals surface area contributed by atoms with Crippen LogP contribution in [0.5, 0.6) is 0 Å². The van der Waals surface area contributed by atoms with Crippen LogP contribution in [0.15, 0.2) is 12.2 Å². The largest absolute Gasteiger partial charge is 0.469 e. The predicted octanol–water partition coefficient (Wildman–Crippen LogP) is 2.49. The molecule has 0 aromatic rings. The maximum Gasteiger partial charge on any atom is 0.311 e. The average Bonchev–Trinajstić information content (AvgIpc) is 3.19.